The highest BCUT2D eigenvalue weighted by atomic mass is 16.5. The van der Waals surface area contributed by atoms with Gasteiger partial charge in [0.25, 0.3) is 0 Å². The Bertz CT molecular complexity index is 1410. The van der Waals surface area contributed by atoms with Gasteiger partial charge in [0.1, 0.15) is 13.2 Å². The molecule has 10 heteroatoms. The standard InChI is InChI=1S/C34H44N6O4/c1-23-27(21-43-33-13-11-29(39-33)19-35-15-17-37-25(3)41)7-5-9-31(23)32-10-6-8-28(24(32)2)22-44-34-14-12-30(40-34)20-36-16-18-38-26(4)42/h5-14,35-36,39-40H,15-22H2,1-4H3,(H,37,41)(H,38,42). The lowest BCUT2D eigenvalue weighted by atomic mass is 9.92. The monoisotopic (exact) mass is 600 g/mol. The average Bonchev–Trinajstić information content (AvgIpc) is 3.65. The number of aromatic amines is 2. The van der Waals surface area contributed by atoms with Crippen LogP contribution in [0.15, 0.2) is 60.7 Å². The Balaban J connectivity index is 1.31. The maximum Gasteiger partial charge on any atom is 0.216 e. The molecular formula is C34H44N6O4. The van der Waals surface area contributed by atoms with Crippen LogP contribution in [0.25, 0.3) is 11.1 Å². The van der Waals surface area contributed by atoms with E-state index >= 15 is 0 Å². The molecule has 0 aliphatic carbocycles. The highest BCUT2D eigenvalue weighted by Crippen LogP contribution is 2.31. The van der Waals surface area contributed by atoms with E-state index in [2.05, 4.69) is 81.5 Å². The predicted octanol–water partition coefficient (Wildman–Crippen LogP) is 4.24. The lowest BCUT2D eigenvalue weighted by Gasteiger charge is -2.16. The van der Waals surface area contributed by atoms with Crippen molar-refractivity contribution in [1.82, 2.24) is 31.2 Å². The Hall–Kier alpha value is -4.54. The number of aromatic nitrogens is 2. The quantitative estimate of drug-likeness (QED) is 0.101. The maximum atomic E-state index is 11.0. The molecule has 0 aliphatic rings. The number of carbonyl (C=O) groups excluding carboxylic acids is 2. The van der Waals surface area contributed by atoms with Crippen LogP contribution in [-0.2, 0) is 35.9 Å². The Morgan fingerprint density at radius 1 is 0.614 bits per heavy atom. The molecule has 0 atom stereocenters. The highest BCUT2D eigenvalue weighted by molar-refractivity contribution is 5.73. The number of benzene rings is 2. The van der Waals surface area contributed by atoms with Crippen LogP contribution in [0, 0.1) is 13.8 Å². The molecule has 2 aromatic carbocycles. The van der Waals surface area contributed by atoms with Crippen molar-refractivity contribution in [3.8, 4) is 22.9 Å². The van der Waals surface area contributed by atoms with Gasteiger partial charge in [-0.05, 0) is 71.5 Å². The third-order valence-electron chi connectivity index (χ3n) is 7.37. The number of hydrogen-bond donors (Lipinski definition) is 6. The summed E-state index contributed by atoms with van der Waals surface area (Å²) in [7, 11) is 0. The number of nitrogens with one attached hydrogen (secondary N) is 6. The van der Waals surface area contributed by atoms with E-state index in [1.165, 1.54) is 36.1 Å². The Labute approximate surface area is 259 Å². The summed E-state index contributed by atoms with van der Waals surface area (Å²) in [4.78, 5) is 28.6. The molecule has 44 heavy (non-hydrogen) atoms. The summed E-state index contributed by atoms with van der Waals surface area (Å²) >= 11 is 0. The minimum absolute atomic E-state index is 0.0253. The molecule has 0 saturated carbocycles. The van der Waals surface area contributed by atoms with Crippen LogP contribution in [-0.4, -0.2) is 48.0 Å². The third-order valence-corrected chi connectivity index (χ3v) is 7.37. The van der Waals surface area contributed by atoms with Gasteiger partial charge in [0.15, 0.2) is 11.8 Å². The lowest BCUT2D eigenvalue weighted by Crippen LogP contribution is -2.29. The van der Waals surface area contributed by atoms with Crippen molar-refractivity contribution < 1.29 is 19.1 Å². The van der Waals surface area contributed by atoms with Crippen LogP contribution in [0.3, 0.4) is 0 Å². The van der Waals surface area contributed by atoms with Gasteiger partial charge in [0.05, 0.1) is 0 Å². The summed E-state index contributed by atoms with van der Waals surface area (Å²) in [6, 6.07) is 20.6. The van der Waals surface area contributed by atoms with Crippen LogP contribution in [0.4, 0.5) is 0 Å². The Kier molecular flexibility index (Phi) is 12.0. The van der Waals surface area contributed by atoms with Crippen molar-refractivity contribution >= 4 is 11.8 Å². The molecule has 2 aromatic heterocycles. The van der Waals surface area contributed by atoms with Gasteiger partial charge < -0.3 is 40.7 Å². The van der Waals surface area contributed by atoms with Crippen molar-refractivity contribution in [3.05, 3.63) is 94.3 Å². The van der Waals surface area contributed by atoms with E-state index in [1.54, 1.807) is 0 Å². The second-order valence-corrected chi connectivity index (χ2v) is 10.8. The van der Waals surface area contributed by atoms with Crippen molar-refractivity contribution in [2.24, 2.45) is 0 Å². The van der Waals surface area contributed by atoms with Crippen LogP contribution in [0.5, 0.6) is 11.8 Å². The molecule has 4 rings (SSSR count). The van der Waals surface area contributed by atoms with E-state index < -0.39 is 0 Å². The van der Waals surface area contributed by atoms with E-state index in [1.807, 2.05) is 24.3 Å². The zero-order valence-corrected chi connectivity index (χ0v) is 26.1. The summed E-state index contributed by atoms with van der Waals surface area (Å²) in [5.74, 6) is 1.39. The number of rotatable bonds is 17. The van der Waals surface area contributed by atoms with Gasteiger partial charge in [0.2, 0.25) is 11.8 Å². The summed E-state index contributed by atoms with van der Waals surface area (Å²) < 4.78 is 12.2. The molecule has 234 valence electrons. The van der Waals surface area contributed by atoms with E-state index in [-0.39, 0.29) is 11.8 Å². The normalized spacial score (nSPS) is 10.9. The van der Waals surface area contributed by atoms with Gasteiger partial charge >= 0.3 is 0 Å². The molecule has 4 aromatic rings. The summed E-state index contributed by atoms with van der Waals surface area (Å²) in [5, 5.41) is 12.1. The summed E-state index contributed by atoms with van der Waals surface area (Å²) in [5.41, 5.74) is 9.00. The van der Waals surface area contributed by atoms with Gasteiger partial charge in [-0.2, -0.15) is 0 Å². The molecule has 6 N–H and O–H groups in total. The van der Waals surface area contributed by atoms with Gasteiger partial charge in [-0.3, -0.25) is 9.59 Å². The molecule has 0 bridgehead atoms. The van der Waals surface area contributed by atoms with Gasteiger partial charge in [-0.25, -0.2) is 0 Å². The molecule has 0 radical (unpaired) electrons. The van der Waals surface area contributed by atoms with Crippen LogP contribution < -0.4 is 30.7 Å². The summed E-state index contributed by atoms with van der Waals surface area (Å²) in [6.07, 6.45) is 0. The first-order valence-electron chi connectivity index (χ1n) is 15.0. The fourth-order valence-electron chi connectivity index (χ4n) is 4.88. The van der Waals surface area contributed by atoms with E-state index in [4.69, 9.17) is 9.47 Å². The highest BCUT2D eigenvalue weighted by Gasteiger charge is 2.12. The maximum absolute atomic E-state index is 11.0. The van der Waals surface area contributed by atoms with Gasteiger partial charge in [-0.15, -0.1) is 0 Å². The van der Waals surface area contributed by atoms with Crippen LogP contribution in [0.1, 0.15) is 47.5 Å². The molecule has 0 saturated heterocycles. The number of H-pyrrole nitrogens is 2. The molecule has 0 aliphatic heterocycles. The molecule has 10 nitrogen and oxygen atoms in total. The SMILES string of the molecule is CC(=O)NCCNCc1ccc(OCc2cccc(-c3cccc(COc4ccc(CNCCNC(C)=O)[nH]4)c3C)c2C)[nH]1. The number of carbonyl (C=O) groups is 2. The predicted molar refractivity (Wildman–Crippen MR) is 172 cm³/mol. The minimum atomic E-state index is -0.0253. The largest absolute Gasteiger partial charge is 0.474 e. The zero-order chi connectivity index (χ0) is 31.3. The molecule has 0 fully saturated rings. The van der Waals surface area contributed by atoms with Gasteiger partial charge in [0, 0.05) is 64.5 Å². The number of ether oxygens (including phenoxy) is 2. The molecule has 0 spiro atoms. The Morgan fingerprint density at radius 2 is 1.05 bits per heavy atom. The molecule has 0 unspecified atom stereocenters. The fraction of sp³-hybridized carbons (Fsp3) is 0.353. The minimum Gasteiger partial charge on any atom is -0.474 e. The Morgan fingerprint density at radius 3 is 1.45 bits per heavy atom. The smallest absolute Gasteiger partial charge is 0.216 e. The van der Waals surface area contributed by atoms with Crippen LogP contribution in [0.2, 0.25) is 0 Å². The number of hydrogen-bond acceptors (Lipinski definition) is 6. The fourth-order valence-corrected chi connectivity index (χ4v) is 4.88. The second-order valence-electron chi connectivity index (χ2n) is 10.8. The van der Waals surface area contributed by atoms with Crippen LogP contribution >= 0.6 is 0 Å². The summed E-state index contributed by atoms with van der Waals surface area (Å²) in [6.45, 7) is 12.1. The van der Waals surface area contributed by atoms with E-state index in [9.17, 15) is 9.59 Å². The first-order chi connectivity index (χ1) is 21.3. The van der Waals surface area contributed by atoms with Crippen molar-refractivity contribution in [2.75, 3.05) is 26.2 Å². The first kappa shape index (κ1) is 32.4. The van der Waals surface area contributed by atoms with Crippen molar-refractivity contribution in [1.29, 1.82) is 0 Å². The van der Waals surface area contributed by atoms with E-state index in [0.29, 0.717) is 52.5 Å². The molecule has 2 heterocycles. The molecule has 2 amide bonds. The topological polar surface area (TPSA) is 132 Å². The number of amides is 2. The third kappa shape index (κ3) is 9.75. The van der Waals surface area contributed by atoms with Crippen molar-refractivity contribution in [3.63, 3.8) is 0 Å². The second kappa shape index (κ2) is 16.3. The van der Waals surface area contributed by atoms with E-state index in [0.717, 1.165) is 34.3 Å². The zero-order valence-electron chi connectivity index (χ0n) is 26.1. The van der Waals surface area contributed by atoms with Gasteiger partial charge in [-0.1, -0.05) is 36.4 Å². The van der Waals surface area contributed by atoms with Crippen molar-refractivity contribution in [2.45, 2.75) is 54.0 Å². The lowest BCUT2D eigenvalue weighted by molar-refractivity contribution is -0.119. The first-order valence-corrected chi connectivity index (χ1v) is 15.0. The average molecular weight is 601 g/mol. The molecular weight excluding hydrogens is 556 g/mol.